The first-order valence-electron chi connectivity index (χ1n) is 14.2. The number of hydrogen-bond donors (Lipinski definition) is 0. The summed E-state index contributed by atoms with van der Waals surface area (Å²) < 4.78 is 20.0. The molecule has 5 aromatic rings. The molecule has 1 aromatic heterocycles. The summed E-state index contributed by atoms with van der Waals surface area (Å²) >= 11 is 11.5. The number of rotatable bonds is 8. The van der Waals surface area contributed by atoms with E-state index in [4.69, 9.17) is 25.8 Å². The van der Waals surface area contributed by atoms with Crippen LogP contribution in [-0.4, -0.2) is 24.3 Å². The van der Waals surface area contributed by atoms with Gasteiger partial charge in [0.05, 0.1) is 34.0 Å². The summed E-state index contributed by atoms with van der Waals surface area (Å²) in [4.78, 5) is 32.3. The van der Waals surface area contributed by atoms with Crippen LogP contribution in [0.3, 0.4) is 0 Å². The van der Waals surface area contributed by atoms with E-state index in [1.165, 1.54) is 15.9 Å². The van der Waals surface area contributed by atoms with Crippen molar-refractivity contribution in [3.63, 3.8) is 0 Å². The zero-order chi connectivity index (χ0) is 31.7. The number of allylic oxidation sites excluding steroid dienone is 1. The number of benzene rings is 4. The van der Waals surface area contributed by atoms with Gasteiger partial charge in [0.1, 0.15) is 12.6 Å². The molecule has 0 N–H and O–H groups in total. The predicted octanol–water partition coefficient (Wildman–Crippen LogP) is 6.96. The van der Waals surface area contributed by atoms with E-state index in [1.807, 2.05) is 42.5 Å². The monoisotopic (exact) mass is 702 g/mol. The number of esters is 1. The van der Waals surface area contributed by atoms with Gasteiger partial charge in [0.25, 0.3) is 5.56 Å². The van der Waals surface area contributed by atoms with E-state index in [0.29, 0.717) is 48.2 Å². The number of thiazole rings is 1. The third-order valence-corrected chi connectivity index (χ3v) is 9.43. The first-order chi connectivity index (χ1) is 21.8. The van der Waals surface area contributed by atoms with Crippen LogP contribution in [0, 0.1) is 0 Å². The molecule has 1 aliphatic rings. The molecule has 0 saturated heterocycles. The molecule has 45 heavy (non-hydrogen) atoms. The molecule has 0 saturated carbocycles. The zero-order valence-electron chi connectivity index (χ0n) is 24.7. The lowest BCUT2D eigenvalue weighted by Crippen LogP contribution is -2.40. The molecule has 2 heterocycles. The van der Waals surface area contributed by atoms with Crippen molar-refractivity contribution in [1.29, 1.82) is 0 Å². The van der Waals surface area contributed by atoms with Crippen molar-refractivity contribution in [3.8, 4) is 11.5 Å². The summed E-state index contributed by atoms with van der Waals surface area (Å²) in [6, 6.07) is 24.4. The van der Waals surface area contributed by atoms with Gasteiger partial charge in [-0.15, -0.1) is 0 Å². The summed E-state index contributed by atoms with van der Waals surface area (Å²) in [5, 5.41) is 2.70. The molecule has 0 unspecified atom stereocenters. The van der Waals surface area contributed by atoms with Crippen LogP contribution in [0.25, 0.3) is 16.8 Å². The largest absolute Gasteiger partial charge is 0.493 e. The Labute approximate surface area is 276 Å². The van der Waals surface area contributed by atoms with Gasteiger partial charge in [-0.05, 0) is 81.5 Å². The molecule has 228 valence electrons. The van der Waals surface area contributed by atoms with Crippen molar-refractivity contribution in [2.45, 2.75) is 26.5 Å². The fourth-order valence-electron chi connectivity index (χ4n) is 5.47. The van der Waals surface area contributed by atoms with Gasteiger partial charge in [-0.25, -0.2) is 9.79 Å². The van der Waals surface area contributed by atoms with E-state index >= 15 is 0 Å². The summed E-state index contributed by atoms with van der Waals surface area (Å²) in [6.45, 7) is 4.01. The van der Waals surface area contributed by atoms with Gasteiger partial charge in [-0.3, -0.25) is 9.36 Å². The third-order valence-electron chi connectivity index (χ3n) is 7.52. The van der Waals surface area contributed by atoms with Crippen LogP contribution < -0.4 is 24.4 Å². The fraction of sp³-hybridized carbons (Fsp3) is 0.171. The second-order valence-electron chi connectivity index (χ2n) is 10.3. The molecule has 0 spiro atoms. The van der Waals surface area contributed by atoms with E-state index in [9.17, 15) is 9.59 Å². The van der Waals surface area contributed by atoms with Crippen molar-refractivity contribution >= 4 is 61.7 Å². The maximum Gasteiger partial charge on any atom is 0.338 e. The first kappa shape index (κ1) is 30.8. The van der Waals surface area contributed by atoms with E-state index in [1.54, 1.807) is 45.2 Å². The molecule has 10 heteroatoms. The summed E-state index contributed by atoms with van der Waals surface area (Å²) in [5.41, 5.74) is 2.84. The van der Waals surface area contributed by atoms with Crippen LogP contribution in [-0.2, 0) is 16.1 Å². The highest BCUT2D eigenvalue weighted by Crippen LogP contribution is 2.38. The minimum absolute atomic E-state index is 0.188. The molecule has 0 aliphatic carbocycles. The Morgan fingerprint density at radius 1 is 1.09 bits per heavy atom. The molecule has 6 rings (SSSR count). The number of hydrogen-bond acceptors (Lipinski definition) is 7. The maximum atomic E-state index is 14.0. The highest BCUT2D eigenvalue weighted by Gasteiger charge is 2.34. The standard InChI is InChI=1S/C35H28BrClN2O5S/c1-4-43-34(41)30-20(2)38-35-39(31(30)25-14-7-8-15-27(25)37)33(40)29(45-35)18-21-16-26(36)32(28(17-21)42-3)44-19-23-12-9-11-22-10-5-6-13-24(22)23/h5-18,31H,4,19H2,1-3H3/b29-18-/t31-/m1/s1. The first-order valence-corrected chi connectivity index (χ1v) is 16.2. The quantitative estimate of drug-likeness (QED) is 0.164. The molecule has 4 aromatic carbocycles. The molecular weight excluding hydrogens is 676 g/mol. The Bertz CT molecular complexity index is 2170. The second-order valence-corrected chi connectivity index (χ2v) is 12.6. The van der Waals surface area contributed by atoms with Gasteiger partial charge < -0.3 is 14.2 Å². The predicted molar refractivity (Wildman–Crippen MR) is 181 cm³/mol. The van der Waals surface area contributed by atoms with E-state index < -0.39 is 12.0 Å². The number of carbonyl (C=O) groups excluding carboxylic acids is 1. The van der Waals surface area contributed by atoms with Gasteiger partial charge in [0.2, 0.25) is 0 Å². The third kappa shape index (κ3) is 5.95. The number of nitrogens with zero attached hydrogens (tertiary/aromatic N) is 2. The smallest absolute Gasteiger partial charge is 0.338 e. The second kappa shape index (κ2) is 13.0. The molecule has 1 atom stereocenters. The van der Waals surface area contributed by atoms with Gasteiger partial charge in [0.15, 0.2) is 16.3 Å². The van der Waals surface area contributed by atoms with Gasteiger partial charge >= 0.3 is 5.97 Å². The van der Waals surface area contributed by atoms with Crippen LogP contribution >= 0.6 is 38.9 Å². The summed E-state index contributed by atoms with van der Waals surface area (Å²) in [7, 11) is 1.58. The van der Waals surface area contributed by atoms with Crippen LogP contribution in [0.15, 0.2) is 104 Å². The fourth-order valence-corrected chi connectivity index (χ4v) is 7.33. The van der Waals surface area contributed by atoms with E-state index in [2.05, 4.69) is 39.1 Å². The average molecular weight is 704 g/mol. The van der Waals surface area contributed by atoms with Gasteiger partial charge in [-0.1, -0.05) is 83.6 Å². The molecule has 0 radical (unpaired) electrons. The van der Waals surface area contributed by atoms with Crippen molar-refractivity contribution < 1.29 is 19.0 Å². The van der Waals surface area contributed by atoms with Gasteiger partial charge in [0, 0.05) is 5.02 Å². The molecule has 0 bridgehead atoms. The van der Waals surface area contributed by atoms with Crippen molar-refractivity contribution in [1.82, 2.24) is 4.57 Å². The van der Waals surface area contributed by atoms with Crippen LogP contribution in [0.2, 0.25) is 5.02 Å². The number of methoxy groups -OCH3 is 1. The van der Waals surface area contributed by atoms with Crippen molar-refractivity contribution in [2.24, 2.45) is 4.99 Å². The number of ether oxygens (including phenoxy) is 3. The topological polar surface area (TPSA) is 79.1 Å². The lowest BCUT2D eigenvalue weighted by atomic mass is 9.96. The lowest BCUT2D eigenvalue weighted by molar-refractivity contribution is -0.139. The Kier molecular flexibility index (Phi) is 8.94. The molecule has 0 fully saturated rings. The van der Waals surface area contributed by atoms with Gasteiger partial charge in [-0.2, -0.15) is 0 Å². The summed E-state index contributed by atoms with van der Waals surface area (Å²) in [5.74, 6) is 0.529. The Morgan fingerprint density at radius 3 is 2.62 bits per heavy atom. The minimum Gasteiger partial charge on any atom is -0.493 e. The Morgan fingerprint density at radius 2 is 1.84 bits per heavy atom. The SMILES string of the molecule is CCOC(=O)C1=C(C)N=c2s/c(=C\c3cc(Br)c(OCc4cccc5ccccc45)c(OC)c3)c(=O)n2[C@@H]1c1ccccc1Cl. The molecular formula is C35H28BrClN2O5S. The number of fused-ring (bicyclic) bond motifs is 2. The molecule has 0 amide bonds. The van der Waals surface area contributed by atoms with Crippen LogP contribution in [0.5, 0.6) is 11.5 Å². The Hall–Kier alpha value is -4.18. The average Bonchev–Trinajstić information content (AvgIpc) is 3.33. The Balaban J connectivity index is 1.40. The lowest BCUT2D eigenvalue weighted by Gasteiger charge is -2.25. The van der Waals surface area contributed by atoms with Crippen LogP contribution in [0.1, 0.15) is 36.6 Å². The molecule has 1 aliphatic heterocycles. The molecule has 7 nitrogen and oxygen atoms in total. The van der Waals surface area contributed by atoms with Crippen LogP contribution in [0.4, 0.5) is 0 Å². The number of aromatic nitrogens is 1. The minimum atomic E-state index is -0.790. The van der Waals surface area contributed by atoms with E-state index in [0.717, 1.165) is 21.9 Å². The zero-order valence-corrected chi connectivity index (χ0v) is 27.8. The number of halogens is 2. The summed E-state index contributed by atoms with van der Waals surface area (Å²) in [6.07, 6.45) is 1.78. The highest BCUT2D eigenvalue weighted by molar-refractivity contribution is 9.10. The normalized spacial score (nSPS) is 14.7. The maximum absolute atomic E-state index is 14.0. The van der Waals surface area contributed by atoms with Crippen molar-refractivity contribution in [3.05, 3.63) is 136 Å². The van der Waals surface area contributed by atoms with Crippen molar-refractivity contribution in [2.75, 3.05) is 13.7 Å². The number of carbonyl (C=O) groups is 1. The van der Waals surface area contributed by atoms with E-state index in [-0.39, 0.29) is 17.7 Å². The highest BCUT2D eigenvalue weighted by atomic mass is 79.9.